The molecule has 2 nitrogen and oxygen atoms in total. The predicted octanol–water partition coefficient (Wildman–Crippen LogP) is 2.37. The van der Waals surface area contributed by atoms with Crippen LogP contribution in [-0.2, 0) is 0 Å². The highest BCUT2D eigenvalue weighted by molar-refractivity contribution is 6.00. The monoisotopic (exact) mass is 202 g/mol. The number of benzene rings is 1. The van der Waals surface area contributed by atoms with Gasteiger partial charge in [-0.3, -0.25) is 4.99 Å². The lowest BCUT2D eigenvalue weighted by atomic mass is 10.1. The maximum absolute atomic E-state index is 4.54. The molecule has 1 aromatic carbocycles. The van der Waals surface area contributed by atoms with Gasteiger partial charge in [0.05, 0.1) is 6.54 Å². The van der Waals surface area contributed by atoms with Crippen molar-refractivity contribution in [3.05, 3.63) is 35.4 Å². The Morgan fingerprint density at radius 2 is 1.93 bits per heavy atom. The lowest BCUT2D eigenvalue weighted by Crippen LogP contribution is -2.34. The topological polar surface area (TPSA) is 24.4 Å². The van der Waals surface area contributed by atoms with Crippen LogP contribution in [0, 0.1) is 12.8 Å². The Morgan fingerprint density at radius 1 is 1.27 bits per heavy atom. The minimum Gasteiger partial charge on any atom is -0.365 e. The van der Waals surface area contributed by atoms with Crippen molar-refractivity contribution >= 4 is 5.84 Å². The number of amidine groups is 1. The minimum absolute atomic E-state index is 0.501. The van der Waals surface area contributed by atoms with E-state index in [9.17, 15) is 0 Å². The van der Waals surface area contributed by atoms with Gasteiger partial charge >= 0.3 is 0 Å². The van der Waals surface area contributed by atoms with E-state index in [1.165, 1.54) is 11.1 Å². The second-order valence-electron chi connectivity index (χ2n) is 4.55. The summed E-state index contributed by atoms with van der Waals surface area (Å²) in [6.45, 7) is 7.46. The molecular weight excluding hydrogens is 184 g/mol. The summed E-state index contributed by atoms with van der Waals surface area (Å²) in [4.78, 5) is 4.54. The first-order chi connectivity index (χ1) is 7.16. The average molecular weight is 202 g/mol. The van der Waals surface area contributed by atoms with Crippen molar-refractivity contribution in [2.75, 3.05) is 6.54 Å². The van der Waals surface area contributed by atoms with Gasteiger partial charge in [0.25, 0.3) is 0 Å². The Hall–Kier alpha value is -1.31. The Labute approximate surface area is 91.4 Å². The van der Waals surface area contributed by atoms with Gasteiger partial charge in [-0.25, -0.2) is 0 Å². The number of nitrogens with zero attached hydrogens (tertiary/aromatic N) is 1. The van der Waals surface area contributed by atoms with Crippen LogP contribution in [0.3, 0.4) is 0 Å². The second kappa shape index (κ2) is 4.05. The SMILES string of the molecule is Cc1ccc(C2=NC[C@H](C(C)C)N2)cc1. The number of aryl methyl sites for hydroxylation is 1. The molecule has 1 aliphatic rings. The standard InChI is InChI=1S/C13H18N2/c1-9(2)12-8-14-13(15-12)11-6-4-10(3)5-7-11/h4-7,9,12H,8H2,1-3H3,(H,14,15)/t12-/m1/s1. The smallest absolute Gasteiger partial charge is 0.128 e. The summed E-state index contributed by atoms with van der Waals surface area (Å²) in [5, 5.41) is 3.48. The Balaban J connectivity index is 2.11. The third kappa shape index (κ3) is 2.20. The van der Waals surface area contributed by atoms with Gasteiger partial charge in [0, 0.05) is 11.6 Å². The molecule has 0 aromatic heterocycles. The third-order valence-corrected chi connectivity index (χ3v) is 2.90. The van der Waals surface area contributed by atoms with Crippen LogP contribution in [0.15, 0.2) is 29.3 Å². The normalized spacial score (nSPS) is 20.3. The first-order valence-electron chi connectivity index (χ1n) is 5.55. The van der Waals surface area contributed by atoms with Crippen LogP contribution in [0.2, 0.25) is 0 Å². The molecule has 0 amide bonds. The Kier molecular flexibility index (Phi) is 2.76. The molecule has 0 radical (unpaired) electrons. The lowest BCUT2D eigenvalue weighted by molar-refractivity contribution is 0.484. The third-order valence-electron chi connectivity index (χ3n) is 2.90. The summed E-state index contributed by atoms with van der Waals surface area (Å²) < 4.78 is 0. The summed E-state index contributed by atoms with van der Waals surface area (Å²) in [5.74, 6) is 1.69. The van der Waals surface area contributed by atoms with Gasteiger partial charge in [-0.2, -0.15) is 0 Å². The number of aliphatic imine (C=N–C) groups is 1. The van der Waals surface area contributed by atoms with Crippen molar-refractivity contribution in [1.82, 2.24) is 5.32 Å². The Morgan fingerprint density at radius 3 is 2.47 bits per heavy atom. The van der Waals surface area contributed by atoms with Gasteiger partial charge < -0.3 is 5.32 Å². The van der Waals surface area contributed by atoms with Crippen LogP contribution in [0.4, 0.5) is 0 Å². The molecule has 1 aliphatic heterocycles. The fourth-order valence-electron chi connectivity index (χ4n) is 1.72. The van der Waals surface area contributed by atoms with E-state index in [0.717, 1.165) is 12.4 Å². The molecule has 0 saturated carbocycles. The van der Waals surface area contributed by atoms with Gasteiger partial charge in [0.1, 0.15) is 5.84 Å². The van der Waals surface area contributed by atoms with Gasteiger partial charge in [0.2, 0.25) is 0 Å². The second-order valence-corrected chi connectivity index (χ2v) is 4.55. The van der Waals surface area contributed by atoms with E-state index in [1.54, 1.807) is 0 Å². The van der Waals surface area contributed by atoms with Crippen molar-refractivity contribution in [1.29, 1.82) is 0 Å². The molecule has 0 unspecified atom stereocenters. The molecule has 1 heterocycles. The van der Waals surface area contributed by atoms with E-state index in [0.29, 0.717) is 12.0 Å². The molecule has 1 N–H and O–H groups in total. The number of hydrogen-bond acceptors (Lipinski definition) is 2. The van der Waals surface area contributed by atoms with Crippen molar-refractivity contribution in [3.63, 3.8) is 0 Å². The maximum Gasteiger partial charge on any atom is 0.128 e. The minimum atomic E-state index is 0.501. The van der Waals surface area contributed by atoms with E-state index >= 15 is 0 Å². The first kappa shape index (κ1) is 10.2. The molecule has 0 spiro atoms. The molecule has 2 heteroatoms. The van der Waals surface area contributed by atoms with Crippen molar-refractivity contribution in [2.45, 2.75) is 26.8 Å². The summed E-state index contributed by atoms with van der Waals surface area (Å²) in [7, 11) is 0. The molecule has 2 rings (SSSR count). The number of rotatable bonds is 2. The average Bonchev–Trinajstić information content (AvgIpc) is 2.68. The summed E-state index contributed by atoms with van der Waals surface area (Å²) in [6, 6.07) is 9.01. The van der Waals surface area contributed by atoms with Gasteiger partial charge in [-0.1, -0.05) is 43.7 Å². The summed E-state index contributed by atoms with van der Waals surface area (Å²) in [6.07, 6.45) is 0. The Bertz CT molecular complexity index is 363. The zero-order chi connectivity index (χ0) is 10.8. The van der Waals surface area contributed by atoms with Crippen LogP contribution in [-0.4, -0.2) is 18.4 Å². The fourth-order valence-corrected chi connectivity index (χ4v) is 1.72. The summed E-state index contributed by atoms with van der Waals surface area (Å²) in [5.41, 5.74) is 2.49. The molecule has 0 aliphatic carbocycles. The van der Waals surface area contributed by atoms with Crippen molar-refractivity contribution < 1.29 is 0 Å². The van der Waals surface area contributed by atoms with Crippen LogP contribution in [0.5, 0.6) is 0 Å². The van der Waals surface area contributed by atoms with E-state index in [1.807, 2.05) is 0 Å². The zero-order valence-corrected chi connectivity index (χ0v) is 9.62. The van der Waals surface area contributed by atoms with Gasteiger partial charge in [-0.15, -0.1) is 0 Å². The van der Waals surface area contributed by atoms with Gasteiger partial charge in [-0.05, 0) is 12.8 Å². The zero-order valence-electron chi connectivity index (χ0n) is 9.62. The first-order valence-corrected chi connectivity index (χ1v) is 5.55. The van der Waals surface area contributed by atoms with Crippen LogP contribution in [0.1, 0.15) is 25.0 Å². The number of hydrogen-bond donors (Lipinski definition) is 1. The molecule has 15 heavy (non-hydrogen) atoms. The molecule has 0 saturated heterocycles. The van der Waals surface area contributed by atoms with E-state index in [4.69, 9.17) is 0 Å². The van der Waals surface area contributed by atoms with Crippen molar-refractivity contribution in [2.24, 2.45) is 10.9 Å². The summed E-state index contributed by atoms with van der Waals surface area (Å²) >= 11 is 0. The molecule has 1 atom stereocenters. The molecular formula is C13H18N2. The molecule has 0 fully saturated rings. The van der Waals surface area contributed by atoms with Crippen molar-refractivity contribution in [3.8, 4) is 0 Å². The lowest BCUT2D eigenvalue weighted by Gasteiger charge is -2.15. The van der Waals surface area contributed by atoms with Crippen LogP contribution in [0.25, 0.3) is 0 Å². The molecule has 80 valence electrons. The van der Waals surface area contributed by atoms with E-state index in [2.05, 4.69) is 55.3 Å². The highest BCUT2D eigenvalue weighted by atomic mass is 15.1. The van der Waals surface area contributed by atoms with Crippen LogP contribution < -0.4 is 5.32 Å². The molecule has 1 aromatic rings. The predicted molar refractivity (Wildman–Crippen MR) is 64.3 cm³/mol. The van der Waals surface area contributed by atoms with E-state index in [-0.39, 0.29) is 0 Å². The maximum atomic E-state index is 4.54. The number of nitrogens with one attached hydrogen (secondary N) is 1. The quantitative estimate of drug-likeness (QED) is 0.782. The highest BCUT2D eigenvalue weighted by Gasteiger charge is 2.20. The fraction of sp³-hybridized carbons (Fsp3) is 0.462. The largest absolute Gasteiger partial charge is 0.365 e. The van der Waals surface area contributed by atoms with E-state index < -0.39 is 0 Å². The van der Waals surface area contributed by atoms with Crippen LogP contribution >= 0.6 is 0 Å². The highest BCUT2D eigenvalue weighted by Crippen LogP contribution is 2.12. The molecule has 0 bridgehead atoms. The van der Waals surface area contributed by atoms with Gasteiger partial charge in [0.15, 0.2) is 0 Å².